The van der Waals surface area contributed by atoms with Crippen molar-refractivity contribution in [3.63, 3.8) is 0 Å². The molecule has 0 aliphatic heterocycles. The predicted octanol–water partition coefficient (Wildman–Crippen LogP) is 4.57. The molecule has 2 bridgehead atoms. The predicted molar refractivity (Wildman–Crippen MR) is 66.7 cm³/mol. The van der Waals surface area contributed by atoms with E-state index in [4.69, 9.17) is 0 Å². The molecule has 15 heavy (non-hydrogen) atoms. The summed E-state index contributed by atoms with van der Waals surface area (Å²) in [7, 11) is 0. The summed E-state index contributed by atoms with van der Waals surface area (Å²) in [6, 6.07) is 0. The van der Waals surface area contributed by atoms with Crippen molar-refractivity contribution in [1.29, 1.82) is 0 Å². The summed E-state index contributed by atoms with van der Waals surface area (Å²) < 4.78 is 0. The van der Waals surface area contributed by atoms with Crippen molar-refractivity contribution in [2.75, 3.05) is 0 Å². The van der Waals surface area contributed by atoms with Crippen molar-refractivity contribution in [1.82, 2.24) is 0 Å². The first-order valence-electron chi connectivity index (χ1n) is 6.13. The highest BCUT2D eigenvalue weighted by Crippen LogP contribution is 2.26. The Morgan fingerprint density at radius 2 is 2.20 bits per heavy atom. The van der Waals surface area contributed by atoms with Crippen molar-refractivity contribution in [2.24, 2.45) is 5.92 Å². The van der Waals surface area contributed by atoms with Crippen LogP contribution < -0.4 is 0 Å². The van der Waals surface area contributed by atoms with Crippen LogP contribution in [0.25, 0.3) is 0 Å². The number of hydrogen-bond acceptors (Lipinski definition) is 0. The van der Waals surface area contributed by atoms with Gasteiger partial charge in [0.05, 0.1) is 0 Å². The van der Waals surface area contributed by atoms with Gasteiger partial charge in [-0.1, -0.05) is 60.9 Å². The van der Waals surface area contributed by atoms with Crippen molar-refractivity contribution in [2.45, 2.75) is 39.0 Å². The van der Waals surface area contributed by atoms with E-state index in [0.29, 0.717) is 5.92 Å². The normalized spacial score (nSPS) is 25.0. The fourth-order valence-corrected chi connectivity index (χ4v) is 2.31. The zero-order valence-electron chi connectivity index (χ0n) is 9.58. The number of rotatable bonds is 2. The van der Waals surface area contributed by atoms with Gasteiger partial charge in [0, 0.05) is 0 Å². The minimum atomic E-state index is 0.632. The highest BCUT2D eigenvalue weighted by Gasteiger charge is 2.09. The lowest BCUT2D eigenvalue weighted by molar-refractivity contribution is 0.778. The van der Waals surface area contributed by atoms with Gasteiger partial charge in [-0.05, 0) is 31.6 Å². The fraction of sp³-hybridized carbons (Fsp3) is 0.467. The van der Waals surface area contributed by atoms with E-state index in [1.807, 2.05) is 0 Å². The van der Waals surface area contributed by atoms with Crippen LogP contribution in [0.2, 0.25) is 0 Å². The van der Waals surface area contributed by atoms with Crippen molar-refractivity contribution >= 4 is 0 Å². The molecule has 0 nitrogen and oxygen atoms in total. The number of hydrogen-bond donors (Lipinski definition) is 0. The first-order valence-corrected chi connectivity index (χ1v) is 6.13. The third kappa shape index (κ3) is 2.95. The van der Waals surface area contributed by atoms with Gasteiger partial charge in [0.25, 0.3) is 0 Å². The second kappa shape index (κ2) is 5.16. The second-order valence-corrected chi connectivity index (χ2v) is 4.48. The molecule has 0 spiro atoms. The van der Waals surface area contributed by atoms with Crippen molar-refractivity contribution < 1.29 is 0 Å². The minimum absolute atomic E-state index is 0.632. The topological polar surface area (TPSA) is 0 Å². The first kappa shape index (κ1) is 10.5. The standard InChI is InChI=1S/C15H20/c1-2-6-13-9-10-14-7-4-3-5-8-15(11-13)12-14/h5,7-11,15H,2-4,6,12H2,1H3. The van der Waals surface area contributed by atoms with E-state index < -0.39 is 0 Å². The zero-order chi connectivity index (χ0) is 10.5. The summed E-state index contributed by atoms with van der Waals surface area (Å²) in [4.78, 5) is 0. The molecule has 0 saturated heterocycles. The van der Waals surface area contributed by atoms with Crippen LogP contribution in [0.1, 0.15) is 39.0 Å². The zero-order valence-corrected chi connectivity index (χ0v) is 9.58. The van der Waals surface area contributed by atoms with Crippen LogP contribution in [0.3, 0.4) is 0 Å². The molecule has 2 aliphatic rings. The van der Waals surface area contributed by atoms with Crippen LogP contribution in [-0.4, -0.2) is 0 Å². The Morgan fingerprint density at radius 3 is 3.07 bits per heavy atom. The monoisotopic (exact) mass is 200 g/mol. The van der Waals surface area contributed by atoms with E-state index in [1.165, 1.54) is 43.3 Å². The van der Waals surface area contributed by atoms with E-state index in [9.17, 15) is 0 Å². The Kier molecular flexibility index (Phi) is 3.60. The molecule has 2 rings (SSSR count). The summed E-state index contributed by atoms with van der Waals surface area (Å²) >= 11 is 0. The summed E-state index contributed by atoms with van der Waals surface area (Å²) in [5, 5.41) is 0. The summed E-state index contributed by atoms with van der Waals surface area (Å²) in [5.41, 5.74) is 3.03. The highest BCUT2D eigenvalue weighted by atomic mass is 14.1. The van der Waals surface area contributed by atoms with Crippen LogP contribution in [-0.2, 0) is 0 Å². The molecule has 80 valence electrons. The quantitative estimate of drug-likeness (QED) is 0.573. The lowest BCUT2D eigenvalue weighted by atomic mass is 9.95. The van der Waals surface area contributed by atoms with Gasteiger partial charge in [-0.2, -0.15) is 0 Å². The minimum Gasteiger partial charge on any atom is -0.0876 e. The smallest absolute Gasteiger partial charge is 0.000737 e. The first-order chi connectivity index (χ1) is 7.38. The maximum absolute atomic E-state index is 2.45. The fourth-order valence-electron chi connectivity index (χ4n) is 2.31. The van der Waals surface area contributed by atoms with Gasteiger partial charge < -0.3 is 0 Å². The van der Waals surface area contributed by atoms with Crippen molar-refractivity contribution in [3.8, 4) is 0 Å². The lowest BCUT2D eigenvalue weighted by Crippen LogP contribution is -1.95. The molecule has 0 radical (unpaired) electrons. The van der Waals surface area contributed by atoms with Gasteiger partial charge in [-0.15, -0.1) is 0 Å². The molecule has 0 N–H and O–H groups in total. The van der Waals surface area contributed by atoms with E-state index >= 15 is 0 Å². The Hall–Kier alpha value is -1.04. The molecule has 0 aromatic rings. The Labute approximate surface area is 93.1 Å². The van der Waals surface area contributed by atoms with Crippen LogP contribution in [0, 0.1) is 5.92 Å². The van der Waals surface area contributed by atoms with Gasteiger partial charge >= 0.3 is 0 Å². The molecule has 0 heteroatoms. The molecule has 0 aromatic heterocycles. The third-order valence-corrected chi connectivity index (χ3v) is 3.07. The molecule has 1 unspecified atom stereocenters. The van der Waals surface area contributed by atoms with E-state index in [0.717, 1.165) is 0 Å². The van der Waals surface area contributed by atoms with Crippen LogP contribution in [0.5, 0.6) is 0 Å². The maximum Gasteiger partial charge on any atom is -0.000737 e. The SMILES string of the molecule is CCCC1=CC2C=CCCC=C(C=C1)C2. The van der Waals surface area contributed by atoms with Crippen LogP contribution in [0.4, 0.5) is 0 Å². The van der Waals surface area contributed by atoms with Gasteiger partial charge in [-0.3, -0.25) is 0 Å². The molecular weight excluding hydrogens is 180 g/mol. The number of fused-ring (bicyclic) bond motifs is 2. The lowest BCUT2D eigenvalue weighted by Gasteiger charge is -2.10. The van der Waals surface area contributed by atoms with Gasteiger partial charge in [-0.25, -0.2) is 0 Å². The summed E-state index contributed by atoms with van der Waals surface area (Å²) in [5.74, 6) is 0.632. The third-order valence-electron chi connectivity index (χ3n) is 3.07. The molecule has 0 amide bonds. The van der Waals surface area contributed by atoms with Gasteiger partial charge in [0.1, 0.15) is 0 Å². The highest BCUT2D eigenvalue weighted by molar-refractivity contribution is 5.34. The second-order valence-electron chi connectivity index (χ2n) is 4.48. The summed E-state index contributed by atoms with van der Waals surface area (Å²) in [6.45, 7) is 2.25. The molecule has 2 aliphatic carbocycles. The molecular formula is C15H20. The summed E-state index contributed by atoms with van der Waals surface area (Å²) in [6.07, 6.45) is 20.3. The molecule has 1 atom stereocenters. The average molecular weight is 200 g/mol. The number of allylic oxidation sites excluding steroid dienone is 8. The molecule has 0 fully saturated rings. The van der Waals surface area contributed by atoms with Gasteiger partial charge in [0.2, 0.25) is 0 Å². The molecule has 0 heterocycles. The Bertz CT molecular complexity index is 326. The largest absolute Gasteiger partial charge is 0.0876 e. The van der Waals surface area contributed by atoms with E-state index in [-0.39, 0.29) is 0 Å². The van der Waals surface area contributed by atoms with E-state index in [1.54, 1.807) is 0 Å². The van der Waals surface area contributed by atoms with Crippen molar-refractivity contribution in [3.05, 3.63) is 47.6 Å². The molecule has 0 saturated carbocycles. The van der Waals surface area contributed by atoms with Crippen LogP contribution in [0.15, 0.2) is 47.6 Å². The maximum atomic E-state index is 2.45. The average Bonchev–Trinajstić information content (AvgIpc) is 2.39. The Morgan fingerprint density at radius 1 is 1.27 bits per heavy atom. The van der Waals surface area contributed by atoms with Gasteiger partial charge in [0.15, 0.2) is 0 Å². The Balaban J connectivity index is 2.22. The molecule has 0 aromatic carbocycles. The van der Waals surface area contributed by atoms with E-state index in [2.05, 4.69) is 43.4 Å². The van der Waals surface area contributed by atoms with Crippen LogP contribution >= 0.6 is 0 Å².